The van der Waals surface area contributed by atoms with E-state index in [0.29, 0.717) is 35.9 Å². The van der Waals surface area contributed by atoms with Gasteiger partial charge < -0.3 is 19.7 Å². The molecule has 0 bridgehead atoms. The summed E-state index contributed by atoms with van der Waals surface area (Å²) >= 11 is 6.24. The molecule has 7 heteroatoms. The van der Waals surface area contributed by atoms with Crippen LogP contribution >= 0.6 is 11.6 Å². The molecule has 6 nitrogen and oxygen atoms in total. The minimum atomic E-state index is -0.661. The number of ether oxygens (including phenoxy) is 2. The maximum Gasteiger partial charge on any atom is 0.243 e. The van der Waals surface area contributed by atoms with Gasteiger partial charge in [0.25, 0.3) is 0 Å². The molecule has 0 fully saturated rings. The molecule has 3 rings (SSSR count). The van der Waals surface area contributed by atoms with Crippen LogP contribution in [0.5, 0.6) is 11.5 Å². The van der Waals surface area contributed by atoms with Crippen molar-refractivity contribution >= 4 is 23.4 Å². The van der Waals surface area contributed by atoms with Crippen molar-refractivity contribution in [1.82, 2.24) is 10.2 Å². The molecule has 0 heterocycles. The summed E-state index contributed by atoms with van der Waals surface area (Å²) in [6, 6.07) is 22.2. The summed E-state index contributed by atoms with van der Waals surface area (Å²) < 4.78 is 10.7. The third-order valence-electron chi connectivity index (χ3n) is 6.14. The standard InChI is InChI=1S/C30H35ClN2O4/c1-4-17-32-30(35)26(19-22-9-6-5-7-10-22)33(21-24-11-8-12-25(31)18-24)29(34)16-14-23-13-15-27(36-2)28(20-23)37-3/h5-13,15,18,20,26H,4,14,16-17,19,21H2,1-3H3,(H,32,35). The predicted octanol–water partition coefficient (Wildman–Crippen LogP) is 5.46. The van der Waals surface area contributed by atoms with E-state index in [1.165, 1.54) is 0 Å². The van der Waals surface area contributed by atoms with E-state index < -0.39 is 6.04 Å². The lowest BCUT2D eigenvalue weighted by atomic mass is 10.0. The molecule has 3 aromatic carbocycles. The molecule has 0 saturated heterocycles. The second-order valence-electron chi connectivity index (χ2n) is 8.84. The largest absolute Gasteiger partial charge is 0.493 e. The smallest absolute Gasteiger partial charge is 0.243 e. The van der Waals surface area contributed by atoms with Crippen molar-refractivity contribution in [3.05, 3.63) is 94.5 Å². The average molecular weight is 523 g/mol. The monoisotopic (exact) mass is 522 g/mol. The summed E-state index contributed by atoms with van der Waals surface area (Å²) in [5.41, 5.74) is 2.81. The Morgan fingerprint density at radius 3 is 2.30 bits per heavy atom. The zero-order valence-electron chi connectivity index (χ0n) is 21.7. The van der Waals surface area contributed by atoms with E-state index >= 15 is 0 Å². The number of aryl methyl sites for hydroxylation is 1. The SMILES string of the molecule is CCCNC(=O)C(Cc1ccccc1)N(Cc1cccc(Cl)c1)C(=O)CCc1ccc(OC)c(OC)c1. The number of nitrogens with zero attached hydrogens (tertiary/aromatic N) is 1. The highest BCUT2D eigenvalue weighted by atomic mass is 35.5. The first-order valence-corrected chi connectivity index (χ1v) is 12.9. The molecule has 1 N–H and O–H groups in total. The second-order valence-corrected chi connectivity index (χ2v) is 9.27. The molecule has 0 aliphatic carbocycles. The lowest BCUT2D eigenvalue weighted by molar-refractivity contribution is -0.141. The van der Waals surface area contributed by atoms with Crippen LogP contribution in [-0.2, 0) is 29.0 Å². The highest BCUT2D eigenvalue weighted by molar-refractivity contribution is 6.30. The third kappa shape index (κ3) is 8.25. The topological polar surface area (TPSA) is 67.9 Å². The van der Waals surface area contributed by atoms with E-state index in [4.69, 9.17) is 21.1 Å². The number of hydrogen-bond acceptors (Lipinski definition) is 4. The van der Waals surface area contributed by atoms with E-state index in [1.54, 1.807) is 25.2 Å². The molecule has 196 valence electrons. The molecule has 0 aromatic heterocycles. The van der Waals surface area contributed by atoms with Gasteiger partial charge in [0.15, 0.2) is 11.5 Å². The van der Waals surface area contributed by atoms with Crippen molar-refractivity contribution in [3.63, 3.8) is 0 Å². The molecule has 1 atom stereocenters. The fraction of sp³-hybridized carbons (Fsp3) is 0.333. The summed E-state index contributed by atoms with van der Waals surface area (Å²) in [5.74, 6) is 0.981. The highest BCUT2D eigenvalue weighted by Gasteiger charge is 2.30. The fourth-order valence-corrected chi connectivity index (χ4v) is 4.40. The van der Waals surface area contributed by atoms with Gasteiger partial charge >= 0.3 is 0 Å². The third-order valence-corrected chi connectivity index (χ3v) is 6.37. The summed E-state index contributed by atoms with van der Waals surface area (Å²) in [7, 11) is 3.17. The Labute approximate surface area is 224 Å². The zero-order chi connectivity index (χ0) is 26.6. The maximum atomic E-state index is 13.8. The number of nitrogens with one attached hydrogen (secondary N) is 1. The number of amides is 2. The molecular formula is C30H35ClN2O4. The van der Waals surface area contributed by atoms with Gasteiger partial charge in [-0.3, -0.25) is 9.59 Å². The Morgan fingerprint density at radius 2 is 1.62 bits per heavy atom. The minimum absolute atomic E-state index is 0.109. The molecule has 3 aromatic rings. The molecule has 37 heavy (non-hydrogen) atoms. The van der Waals surface area contributed by atoms with Crippen molar-refractivity contribution in [1.29, 1.82) is 0 Å². The summed E-state index contributed by atoms with van der Waals surface area (Å²) in [5, 5.41) is 3.59. The van der Waals surface area contributed by atoms with E-state index in [1.807, 2.05) is 73.7 Å². The molecule has 2 amide bonds. The van der Waals surface area contributed by atoms with Crippen LogP contribution in [0.4, 0.5) is 0 Å². The Bertz CT molecular complexity index is 1170. The van der Waals surface area contributed by atoms with Crippen LogP contribution in [0.2, 0.25) is 5.02 Å². The molecule has 0 radical (unpaired) electrons. The molecular weight excluding hydrogens is 488 g/mol. The second kappa shape index (κ2) is 14.3. The number of methoxy groups -OCH3 is 2. The Morgan fingerprint density at radius 1 is 0.892 bits per heavy atom. The van der Waals surface area contributed by atoms with Gasteiger partial charge in [0.05, 0.1) is 14.2 Å². The Kier molecular flexibility index (Phi) is 10.8. The Balaban J connectivity index is 1.89. The van der Waals surface area contributed by atoms with Crippen LogP contribution < -0.4 is 14.8 Å². The van der Waals surface area contributed by atoms with Crippen LogP contribution in [0.15, 0.2) is 72.8 Å². The van der Waals surface area contributed by atoms with E-state index in [-0.39, 0.29) is 24.8 Å². The summed E-state index contributed by atoms with van der Waals surface area (Å²) in [6.07, 6.45) is 1.96. The van der Waals surface area contributed by atoms with Crippen molar-refractivity contribution in [3.8, 4) is 11.5 Å². The van der Waals surface area contributed by atoms with Crippen LogP contribution in [0, 0.1) is 0 Å². The van der Waals surface area contributed by atoms with Crippen molar-refractivity contribution in [2.45, 2.75) is 45.2 Å². The number of rotatable bonds is 13. The summed E-state index contributed by atoms with van der Waals surface area (Å²) in [4.78, 5) is 28.8. The predicted molar refractivity (Wildman–Crippen MR) is 147 cm³/mol. The van der Waals surface area contributed by atoms with Crippen molar-refractivity contribution in [2.75, 3.05) is 20.8 Å². The van der Waals surface area contributed by atoms with Gasteiger partial charge in [-0.05, 0) is 53.8 Å². The lowest BCUT2D eigenvalue weighted by Crippen LogP contribution is -2.50. The van der Waals surface area contributed by atoms with E-state index in [0.717, 1.165) is 23.1 Å². The number of benzene rings is 3. The number of hydrogen-bond donors (Lipinski definition) is 1. The van der Waals surface area contributed by atoms with Gasteiger partial charge in [-0.1, -0.05) is 67.1 Å². The molecule has 0 spiro atoms. The quantitative estimate of drug-likeness (QED) is 0.324. The summed E-state index contributed by atoms with van der Waals surface area (Å²) in [6.45, 7) is 2.84. The Hall–Kier alpha value is -3.51. The first-order valence-electron chi connectivity index (χ1n) is 12.5. The van der Waals surface area contributed by atoms with Crippen molar-refractivity contribution < 1.29 is 19.1 Å². The molecule has 0 aliphatic heterocycles. The van der Waals surface area contributed by atoms with Gasteiger partial charge in [-0.25, -0.2) is 0 Å². The highest BCUT2D eigenvalue weighted by Crippen LogP contribution is 2.28. The molecule has 0 saturated carbocycles. The van der Waals surface area contributed by atoms with Gasteiger partial charge in [-0.2, -0.15) is 0 Å². The van der Waals surface area contributed by atoms with E-state index in [2.05, 4.69) is 5.32 Å². The van der Waals surface area contributed by atoms with Crippen LogP contribution in [0.25, 0.3) is 0 Å². The van der Waals surface area contributed by atoms with E-state index in [9.17, 15) is 9.59 Å². The number of carbonyl (C=O) groups is 2. The first-order chi connectivity index (χ1) is 17.9. The minimum Gasteiger partial charge on any atom is -0.493 e. The molecule has 0 aliphatic rings. The number of carbonyl (C=O) groups excluding carboxylic acids is 2. The number of halogens is 1. The van der Waals surface area contributed by atoms with Gasteiger partial charge in [0, 0.05) is 31.0 Å². The zero-order valence-corrected chi connectivity index (χ0v) is 22.5. The van der Waals surface area contributed by atoms with Crippen LogP contribution in [0.1, 0.15) is 36.5 Å². The first kappa shape index (κ1) is 28.1. The van der Waals surface area contributed by atoms with Crippen LogP contribution in [-0.4, -0.2) is 43.5 Å². The van der Waals surface area contributed by atoms with Crippen molar-refractivity contribution in [2.24, 2.45) is 0 Å². The van der Waals surface area contributed by atoms with Gasteiger partial charge in [0.1, 0.15) is 6.04 Å². The fourth-order valence-electron chi connectivity index (χ4n) is 4.18. The molecule has 1 unspecified atom stereocenters. The van der Waals surface area contributed by atoms with Crippen LogP contribution in [0.3, 0.4) is 0 Å². The van der Waals surface area contributed by atoms with Gasteiger partial charge in [-0.15, -0.1) is 0 Å². The lowest BCUT2D eigenvalue weighted by Gasteiger charge is -2.31. The normalized spacial score (nSPS) is 11.5. The average Bonchev–Trinajstić information content (AvgIpc) is 2.92. The maximum absolute atomic E-state index is 13.8. The van der Waals surface area contributed by atoms with Gasteiger partial charge in [0.2, 0.25) is 11.8 Å².